The zero-order valence-corrected chi connectivity index (χ0v) is 10.7. The molecule has 0 aliphatic heterocycles. The second-order valence-corrected chi connectivity index (χ2v) is 5.02. The maximum atomic E-state index is 8.96. The number of para-hydroxylation sites is 1. The molecule has 0 aromatic heterocycles. The van der Waals surface area contributed by atoms with E-state index in [9.17, 15) is 0 Å². The van der Waals surface area contributed by atoms with Gasteiger partial charge in [-0.05, 0) is 36.8 Å². The van der Waals surface area contributed by atoms with E-state index in [-0.39, 0.29) is 6.61 Å². The third-order valence-electron chi connectivity index (χ3n) is 3.76. The number of aliphatic hydroxyl groups excluding tert-OH is 1. The van der Waals surface area contributed by atoms with Crippen molar-refractivity contribution in [2.45, 2.75) is 44.9 Å². The monoisotopic (exact) mass is 233 g/mol. The molecule has 1 saturated carbocycles. The summed E-state index contributed by atoms with van der Waals surface area (Å²) < 4.78 is 0. The molecule has 2 N–H and O–H groups in total. The van der Waals surface area contributed by atoms with Crippen molar-refractivity contribution in [2.24, 2.45) is 0 Å². The third-order valence-corrected chi connectivity index (χ3v) is 3.76. The summed E-state index contributed by atoms with van der Waals surface area (Å²) in [6.07, 6.45) is 6.74. The molecule has 0 saturated heterocycles. The number of aliphatic hydroxyl groups is 1. The van der Waals surface area contributed by atoms with Gasteiger partial charge in [-0.25, -0.2) is 0 Å². The van der Waals surface area contributed by atoms with Gasteiger partial charge in [0.15, 0.2) is 0 Å². The van der Waals surface area contributed by atoms with Gasteiger partial charge in [-0.2, -0.15) is 0 Å². The molecule has 1 aliphatic carbocycles. The molecule has 0 atom stereocenters. The highest BCUT2D eigenvalue weighted by Crippen LogP contribution is 2.37. The first kappa shape index (κ1) is 12.4. The smallest absolute Gasteiger partial charge is 0.0604 e. The molecular formula is C15H23NO. The van der Waals surface area contributed by atoms with Crippen LogP contribution < -0.4 is 5.32 Å². The quantitative estimate of drug-likeness (QED) is 0.835. The maximum absolute atomic E-state index is 8.96. The molecule has 1 aromatic carbocycles. The summed E-state index contributed by atoms with van der Waals surface area (Å²) in [5.74, 6) is 0.713. The molecule has 0 heterocycles. The number of benzene rings is 1. The van der Waals surface area contributed by atoms with E-state index in [1.807, 2.05) is 0 Å². The van der Waals surface area contributed by atoms with Crippen molar-refractivity contribution < 1.29 is 5.11 Å². The Balaban J connectivity index is 2.21. The molecule has 1 fully saturated rings. The first-order chi connectivity index (χ1) is 8.33. The van der Waals surface area contributed by atoms with Crippen LogP contribution in [0.4, 0.5) is 5.69 Å². The predicted octanol–water partition coefficient (Wildman–Crippen LogP) is 3.45. The van der Waals surface area contributed by atoms with Gasteiger partial charge in [-0.15, -0.1) is 0 Å². The van der Waals surface area contributed by atoms with Crippen LogP contribution in [-0.2, 0) is 0 Å². The fourth-order valence-corrected chi connectivity index (χ4v) is 2.87. The van der Waals surface area contributed by atoms with E-state index in [0.717, 1.165) is 0 Å². The lowest BCUT2D eigenvalue weighted by atomic mass is 9.82. The van der Waals surface area contributed by atoms with Crippen LogP contribution in [0.3, 0.4) is 0 Å². The zero-order valence-electron chi connectivity index (χ0n) is 10.7. The summed E-state index contributed by atoms with van der Waals surface area (Å²) in [6, 6.07) is 6.55. The molecule has 2 heteroatoms. The van der Waals surface area contributed by atoms with E-state index >= 15 is 0 Å². The standard InChI is InChI=1S/C15H23NO/c1-12-6-5-9-14(15(12)16-10-11-17)13-7-3-2-4-8-13/h5-6,9,13,16-17H,2-4,7-8,10-11H2,1H3. The molecular weight excluding hydrogens is 210 g/mol. The topological polar surface area (TPSA) is 32.3 Å². The Morgan fingerprint density at radius 3 is 2.71 bits per heavy atom. The maximum Gasteiger partial charge on any atom is 0.0604 e. The number of nitrogens with one attached hydrogen (secondary N) is 1. The summed E-state index contributed by atoms with van der Waals surface area (Å²) in [5.41, 5.74) is 4.01. The highest BCUT2D eigenvalue weighted by atomic mass is 16.3. The molecule has 0 radical (unpaired) electrons. The summed E-state index contributed by atoms with van der Waals surface area (Å²) in [6.45, 7) is 2.98. The van der Waals surface area contributed by atoms with E-state index in [1.165, 1.54) is 48.9 Å². The Morgan fingerprint density at radius 1 is 1.24 bits per heavy atom. The number of rotatable bonds is 4. The van der Waals surface area contributed by atoms with Crippen molar-refractivity contribution in [3.05, 3.63) is 29.3 Å². The lowest BCUT2D eigenvalue weighted by Gasteiger charge is -2.25. The molecule has 2 rings (SSSR count). The number of anilines is 1. The average molecular weight is 233 g/mol. The average Bonchev–Trinajstić information content (AvgIpc) is 2.38. The molecule has 0 bridgehead atoms. The largest absolute Gasteiger partial charge is 0.395 e. The molecule has 94 valence electrons. The normalized spacial score (nSPS) is 17.1. The SMILES string of the molecule is Cc1cccc(C2CCCCC2)c1NCCO. The van der Waals surface area contributed by atoms with Gasteiger partial charge in [-0.1, -0.05) is 37.5 Å². The van der Waals surface area contributed by atoms with Crippen LogP contribution in [0.25, 0.3) is 0 Å². The molecule has 2 nitrogen and oxygen atoms in total. The Hall–Kier alpha value is -1.02. The highest BCUT2D eigenvalue weighted by molar-refractivity contribution is 5.58. The lowest BCUT2D eigenvalue weighted by molar-refractivity contribution is 0.311. The molecule has 0 amide bonds. The van der Waals surface area contributed by atoms with E-state index < -0.39 is 0 Å². The van der Waals surface area contributed by atoms with E-state index in [1.54, 1.807) is 0 Å². The first-order valence-corrected chi connectivity index (χ1v) is 6.77. The first-order valence-electron chi connectivity index (χ1n) is 6.77. The minimum absolute atomic E-state index is 0.193. The van der Waals surface area contributed by atoms with Gasteiger partial charge >= 0.3 is 0 Å². The second kappa shape index (κ2) is 6.06. The van der Waals surface area contributed by atoms with Crippen LogP contribution in [-0.4, -0.2) is 18.3 Å². The zero-order chi connectivity index (χ0) is 12.1. The summed E-state index contributed by atoms with van der Waals surface area (Å²) in [7, 11) is 0. The van der Waals surface area contributed by atoms with Crippen molar-refractivity contribution >= 4 is 5.69 Å². The molecule has 0 unspecified atom stereocenters. The van der Waals surface area contributed by atoms with Crippen molar-refractivity contribution in [1.29, 1.82) is 0 Å². The van der Waals surface area contributed by atoms with Crippen molar-refractivity contribution in [2.75, 3.05) is 18.5 Å². The van der Waals surface area contributed by atoms with Gasteiger partial charge in [0.2, 0.25) is 0 Å². The van der Waals surface area contributed by atoms with Crippen LogP contribution in [0.1, 0.15) is 49.1 Å². The van der Waals surface area contributed by atoms with Gasteiger partial charge in [0, 0.05) is 12.2 Å². The molecule has 1 aromatic rings. The van der Waals surface area contributed by atoms with Gasteiger partial charge in [0.25, 0.3) is 0 Å². The van der Waals surface area contributed by atoms with Crippen molar-refractivity contribution in [1.82, 2.24) is 0 Å². The van der Waals surface area contributed by atoms with Crippen molar-refractivity contribution in [3.8, 4) is 0 Å². The summed E-state index contributed by atoms with van der Waals surface area (Å²) >= 11 is 0. The lowest BCUT2D eigenvalue weighted by Crippen LogP contribution is -2.12. The van der Waals surface area contributed by atoms with Gasteiger partial charge in [-0.3, -0.25) is 0 Å². The predicted molar refractivity (Wildman–Crippen MR) is 72.6 cm³/mol. The van der Waals surface area contributed by atoms with E-state index in [0.29, 0.717) is 12.5 Å². The van der Waals surface area contributed by atoms with Gasteiger partial charge in [0.1, 0.15) is 0 Å². The molecule has 17 heavy (non-hydrogen) atoms. The van der Waals surface area contributed by atoms with E-state index in [4.69, 9.17) is 5.11 Å². The third kappa shape index (κ3) is 3.01. The Labute approximate surface area is 104 Å². The number of aryl methyl sites for hydroxylation is 1. The van der Waals surface area contributed by atoms with Crippen LogP contribution in [0.15, 0.2) is 18.2 Å². The van der Waals surface area contributed by atoms with Crippen LogP contribution in [0.2, 0.25) is 0 Å². The Kier molecular flexibility index (Phi) is 4.43. The molecule has 1 aliphatic rings. The minimum Gasteiger partial charge on any atom is -0.395 e. The Morgan fingerprint density at radius 2 is 2.00 bits per heavy atom. The fraction of sp³-hybridized carbons (Fsp3) is 0.600. The van der Waals surface area contributed by atoms with Crippen LogP contribution in [0, 0.1) is 6.92 Å². The van der Waals surface area contributed by atoms with Crippen molar-refractivity contribution in [3.63, 3.8) is 0 Å². The number of hydrogen-bond donors (Lipinski definition) is 2. The van der Waals surface area contributed by atoms with Crippen LogP contribution >= 0.6 is 0 Å². The van der Waals surface area contributed by atoms with Gasteiger partial charge in [0.05, 0.1) is 6.61 Å². The highest BCUT2D eigenvalue weighted by Gasteiger charge is 2.18. The Bertz CT molecular complexity index is 356. The minimum atomic E-state index is 0.193. The summed E-state index contributed by atoms with van der Waals surface area (Å²) in [5, 5.41) is 12.3. The fourth-order valence-electron chi connectivity index (χ4n) is 2.87. The van der Waals surface area contributed by atoms with Crippen LogP contribution in [0.5, 0.6) is 0 Å². The number of hydrogen-bond acceptors (Lipinski definition) is 2. The van der Waals surface area contributed by atoms with Gasteiger partial charge < -0.3 is 10.4 Å². The second-order valence-electron chi connectivity index (χ2n) is 5.02. The summed E-state index contributed by atoms with van der Waals surface area (Å²) in [4.78, 5) is 0. The van der Waals surface area contributed by atoms with E-state index in [2.05, 4.69) is 30.4 Å². The molecule has 0 spiro atoms.